The van der Waals surface area contributed by atoms with Crippen LogP contribution in [0.2, 0.25) is 5.02 Å². The molecule has 0 spiro atoms. The number of hydrogen-bond acceptors (Lipinski definition) is 7. The smallest absolute Gasteiger partial charge is 0.250 e. The van der Waals surface area contributed by atoms with Gasteiger partial charge in [0, 0.05) is 21.8 Å². The van der Waals surface area contributed by atoms with E-state index in [1.54, 1.807) is 19.2 Å². The molecular formula is C27H26ClN5O3S. The van der Waals surface area contributed by atoms with Crippen LogP contribution in [0.25, 0.3) is 17.1 Å². The fourth-order valence-corrected chi connectivity index (χ4v) is 4.33. The van der Waals surface area contributed by atoms with Crippen LogP contribution in [0, 0.1) is 0 Å². The molecule has 8 nitrogen and oxygen atoms in total. The third-order valence-electron chi connectivity index (χ3n) is 5.31. The molecule has 0 aliphatic rings. The summed E-state index contributed by atoms with van der Waals surface area (Å²) in [6.45, 7) is 4.34. The minimum Gasteiger partial charge on any atom is -0.497 e. The third-order valence-corrected chi connectivity index (χ3v) is 6.49. The molecular weight excluding hydrogens is 510 g/mol. The van der Waals surface area contributed by atoms with E-state index in [9.17, 15) is 4.79 Å². The highest BCUT2D eigenvalue weighted by atomic mass is 35.5. The van der Waals surface area contributed by atoms with Gasteiger partial charge in [0.05, 0.1) is 25.2 Å². The normalized spacial score (nSPS) is 11.3. The molecule has 37 heavy (non-hydrogen) atoms. The Morgan fingerprint density at radius 1 is 1.05 bits per heavy atom. The minimum atomic E-state index is -0.262. The first-order valence-corrected chi connectivity index (χ1v) is 12.9. The number of rotatable bonds is 10. The number of amides is 1. The molecule has 3 aromatic carbocycles. The van der Waals surface area contributed by atoms with Crippen molar-refractivity contribution >= 4 is 35.0 Å². The van der Waals surface area contributed by atoms with Crippen LogP contribution in [-0.4, -0.2) is 45.9 Å². The van der Waals surface area contributed by atoms with E-state index in [2.05, 4.69) is 20.7 Å². The molecule has 10 heteroatoms. The number of benzene rings is 3. The zero-order valence-corrected chi connectivity index (χ0v) is 22.2. The maximum absolute atomic E-state index is 12.6. The maximum atomic E-state index is 12.6. The SMILES string of the molecule is CCOc1ccc(-n2c(SCC(=O)N/N=C(/C)c3cccc(OC)c3)nnc2-c2ccc(Cl)cc2)cc1. The van der Waals surface area contributed by atoms with Crippen LogP contribution in [0.1, 0.15) is 19.4 Å². The van der Waals surface area contributed by atoms with Crippen molar-refractivity contribution in [1.82, 2.24) is 20.2 Å². The van der Waals surface area contributed by atoms with Crippen LogP contribution in [0.15, 0.2) is 83.1 Å². The molecule has 4 rings (SSSR count). The van der Waals surface area contributed by atoms with Gasteiger partial charge in [-0.05, 0) is 74.5 Å². The number of nitrogens with zero attached hydrogens (tertiary/aromatic N) is 4. The summed E-state index contributed by atoms with van der Waals surface area (Å²) in [4.78, 5) is 12.6. The van der Waals surface area contributed by atoms with Crippen molar-refractivity contribution in [1.29, 1.82) is 0 Å². The van der Waals surface area contributed by atoms with E-state index >= 15 is 0 Å². The highest BCUT2D eigenvalue weighted by Gasteiger charge is 2.17. The lowest BCUT2D eigenvalue weighted by molar-refractivity contribution is -0.118. The second-order valence-electron chi connectivity index (χ2n) is 7.83. The van der Waals surface area contributed by atoms with Gasteiger partial charge in [-0.25, -0.2) is 5.43 Å². The Hall–Kier alpha value is -3.82. The van der Waals surface area contributed by atoms with Crippen molar-refractivity contribution in [3.05, 3.63) is 83.4 Å². The molecule has 1 aromatic heterocycles. The quantitative estimate of drug-likeness (QED) is 0.161. The summed E-state index contributed by atoms with van der Waals surface area (Å²) in [7, 11) is 1.61. The first-order valence-electron chi connectivity index (χ1n) is 11.5. The lowest BCUT2D eigenvalue weighted by Gasteiger charge is -2.11. The van der Waals surface area contributed by atoms with E-state index in [1.807, 2.05) is 79.1 Å². The second kappa shape index (κ2) is 12.4. The Labute approximate surface area is 224 Å². The van der Waals surface area contributed by atoms with Crippen LogP contribution < -0.4 is 14.9 Å². The maximum Gasteiger partial charge on any atom is 0.250 e. The van der Waals surface area contributed by atoms with Crippen LogP contribution >= 0.6 is 23.4 Å². The van der Waals surface area contributed by atoms with Crippen molar-refractivity contribution in [3.8, 4) is 28.6 Å². The highest BCUT2D eigenvalue weighted by molar-refractivity contribution is 7.99. The van der Waals surface area contributed by atoms with Gasteiger partial charge in [0.15, 0.2) is 11.0 Å². The van der Waals surface area contributed by atoms with Crippen molar-refractivity contribution in [2.45, 2.75) is 19.0 Å². The monoisotopic (exact) mass is 535 g/mol. The zero-order valence-electron chi connectivity index (χ0n) is 20.6. The Morgan fingerprint density at radius 3 is 2.51 bits per heavy atom. The Balaban J connectivity index is 1.53. The number of hydrazone groups is 1. The number of methoxy groups -OCH3 is 1. The van der Waals surface area contributed by atoms with Gasteiger partial charge in [-0.15, -0.1) is 10.2 Å². The third kappa shape index (κ3) is 6.69. The van der Waals surface area contributed by atoms with Crippen LogP contribution in [-0.2, 0) is 4.79 Å². The van der Waals surface area contributed by atoms with Gasteiger partial charge in [0.25, 0.3) is 5.91 Å². The summed E-state index contributed by atoms with van der Waals surface area (Å²) in [6.07, 6.45) is 0. The Bertz CT molecular complexity index is 1390. The summed E-state index contributed by atoms with van der Waals surface area (Å²) < 4.78 is 12.7. The summed E-state index contributed by atoms with van der Waals surface area (Å²) >= 11 is 7.34. The topological polar surface area (TPSA) is 90.6 Å². The van der Waals surface area contributed by atoms with E-state index in [-0.39, 0.29) is 11.7 Å². The van der Waals surface area contributed by atoms with Gasteiger partial charge < -0.3 is 9.47 Å². The van der Waals surface area contributed by atoms with Crippen molar-refractivity contribution in [2.75, 3.05) is 19.5 Å². The minimum absolute atomic E-state index is 0.102. The van der Waals surface area contributed by atoms with Gasteiger partial charge in [0.2, 0.25) is 0 Å². The number of hydrogen-bond donors (Lipinski definition) is 1. The number of thioether (sulfide) groups is 1. The van der Waals surface area contributed by atoms with Crippen molar-refractivity contribution in [3.63, 3.8) is 0 Å². The molecule has 4 aromatic rings. The van der Waals surface area contributed by atoms with Crippen LogP contribution in [0.5, 0.6) is 11.5 Å². The number of aromatic nitrogens is 3. The standard InChI is InChI=1S/C27H26ClN5O3S/c1-4-36-23-14-12-22(13-15-23)33-26(19-8-10-21(28)11-9-19)31-32-27(33)37-17-25(34)30-29-18(2)20-6-5-7-24(16-20)35-3/h5-16H,4,17H2,1-3H3,(H,30,34)/b29-18-. The molecule has 0 atom stereocenters. The number of halogens is 1. The van der Waals surface area contributed by atoms with E-state index in [4.69, 9.17) is 21.1 Å². The van der Waals surface area contributed by atoms with E-state index in [1.165, 1.54) is 11.8 Å². The largest absolute Gasteiger partial charge is 0.497 e. The summed E-state index contributed by atoms with van der Waals surface area (Å²) in [5.41, 5.74) is 5.82. The summed E-state index contributed by atoms with van der Waals surface area (Å²) in [5, 5.41) is 14.2. The van der Waals surface area contributed by atoms with Crippen LogP contribution in [0.3, 0.4) is 0 Å². The Morgan fingerprint density at radius 2 is 1.81 bits per heavy atom. The summed E-state index contributed by atoms with van der Waals surface area (Å²) in [5.74, 6) is 1.96. The predicted octanol–water partition coefficient (Wildman–Crippen LogP) is 5.63. The fraction of sp³-hybridized carbons (Fsp3) is 0.185. The number of nitrogens with one attached hydrogen (secondary N) is 1. The number of carbonyl (C=O) groups is 1. The van der Waals surface area contributed by atoms with Gasteiger partial charge in [-0.1, -0.05) is 35.5 Å². The predicted molar refractivity (Wildman–Crippen MR) is 147 cm³/mol. The fourth-order valence-electron chi connectivity index (χ4n) is 3.46. The van der Waals surface area contributed by atoms with Crippen LogP contribution in [0.4, 0.5) is 0 Å². The lowest BCUT2D eigenvalue weighted by atomic mass is 10.1. The van der Waals surface area contributed by atoms with Crippen molar-refractivity contribution in [2.24, 2.45) is 5.10 Å². The highest BCUT2D eigenvalue weighted by Crippen LogP contribution is 2.29. The Kier molecular flexibility index (Phi) is 8.81. The molecule has 190 valence electrons. The van der Waals surface area contributed by atoms with Gasteiger partial charge >= 0.3 is 0 Å². The first kappa shape index (κ1) is 26.2. The average molecular weight is 536 g/mol. The van der Waals surface area contributed by atoms with Gasteiger partial charge in [0.1, 0.15) is 11.5 Å². The van der Waals surface area contributed by atoms with E-state index < -0.39 is 0 Å². The second-order valence-corrected chi connectivity index (χ2v) is 9.21. The average Bonchev–Trinajstić information content (AvgIpc) is 3.35. The zero-order chi connectivity index (χ0) is 26.2. The molecule has 1 heterocycles. The first-order chi connectivity index (χ1) is 18.0. The summed E-state index contributed by atoms with van der Waals surface area (Å²) in [6, 6.07) is 22.5. The lowest BCUT2D eigenvalue weighted by Crippen LogP contribution is -2.21. The molecule has 0 fully saturated rings. The molecule has 0 radical (unpaired) electrons. The molecule has 0 aliphatic carbocycles. The van der Waals surface area contributed by atoms with E-state index in [0.717, 1.165) is 28.3 Å². The molecule has 0 unspecified atom stereocenters. The molecule has 0 saturated carbocycles. The molecule has 1 amide bonds. The number of carbonyl (C=O) groups excluding carboxylic acids is 1. The van der Waals surface area contributed by atoms with Gasteiger partial charge in [-0.2, -0.15) is 5.10 Å². The van der Waals surface area contributed by atoms with Gasteiger partial charge in [-0.3, -0.25) is 9.36 Å². The molecule has 0 saturated heterocycles. The molecule has 1 N–H and O–H groups in total. The van der Waals surface area contributed by atoms with E-state index in [0.29, 0.717) is 28.3 Å². The molecule has 0 aliphatic heterocycles. The van der Waals surface area contributed by atoms with Crippen molar-refractivity contribution < 1.29 is 14.3 Å². The molecule has 0 bridgehead atoms. The number of ether oxygens (including phenoxy) is 2.